The first kappa shape index (κ1) is 16.1. The zero-order valence-electron chi connectivity index (χ0n) is 13.6. The van der Waals surface area contributed by atoms with Crippen LogP contribution in [-0.4, -0.2) is 21.8 Å². The van der Waals surface area contributed by atoms with Gasteiger partial charge in [0, 0.05) is 4.88 Å². The lowest BCUT2D eigenvalue weighted by molar-refractivity contribution is -0.131. The van der Waals surface area contributed by atoms with E-state index in [1.54, 1.807) is 31.2 Å². The Morgan fingerprint density at radius 2 is 2.12 bits per heavy atom. The molecule has 0 saturated carbocycles. The van der Waals surface area contributed by atoms with Crippen LogP contribution in [0.1, 0.15) is 33.6 Å². The Morgan fingerprint density at radius 1 is 1.38 bits per heavy atom. The van der Waals surface area contributed by atoms with Crippen molar-refractivity contribution in [1.29, 1.82) is 5.26 Å². The van der Waals surface area contributed by atoms with E-state index in [0.717, 1.165) is 15.6 Å². The minimum atomic E-state index is -1.17. The number of nitrogens with zero attached hydrogens (tertiary/aromatic N) is 3. The molecule has 24 heavy (non-hydrogen) atoms. The highest BCUT2D eigenvalue weighted by molar-refractivity contribution is 7.11. The van der Waals surface area contributed by atoms with Crippen LogP contribution in [0, 0.1) is 25.2 Å². The maximum atomic E-state index is 12.9. The Kier molecular flexibility index (Phi) is 3.85. The number of hydrogen-bond donors (Lipinski definition) is 1. The molecular formula is C17H16N4O2S. The molecule has 2 aromatic rings. The second-order valence-electron chi connectivity index (χ2n) is 5.88. The number of nitriles is 1. The predicted octanol–water partition coefficient (Wildman–Crippen LogP) is 2.60. The number of amides is 3. The van der Waals surface area contributed by atoms with Crippen LogP contribution in [0.15, 0.2) is 24.3 Å². The molecule has 0 bridgehead atoms. The molecule has 6 nitrogen and oxygen atoms in total. The van der Waals surface area contributed by atoms with Gasteiger partial charge in [-0.3, -0.25) is 9.69 Å². The van der Waals surface area contributed by atoms with E-state index in [1.165, 1.54) is 16.2 Å². The maximum Gasteiger partial charge on any atom is 0.325 e. The minimum Gasteiger partial charge on any atom is -0.319 e. The topological polar surface area (TPSA) is 86.1 Å². The third-order valence-electron chi connectivity index (χ3n) is 4.15. The second-order valence-corrected chi connectivity index (χ2v) is 7.17. The van der Waals surface area contributed by atoms with Crippen molar-refractivity contribution in [2.45, 2.75) is 32.9 Å². The van der Waals surface area contributed by atoms with Gasteiger partial charge in [-0.05, 0) is 38.5 Å². The number of thiazole rings is 1. The summed E-state index contributed by atoms with van der Waals surface area (Å²) in [5.41, 5.74) is 0.707. The molecule has 0 radical (unpaired) electrons. The third kappa shape index (κ3) is 2.55. The lowest BCUT2D eigenvalue weighted by atomic mass is 9.91. The van der Waals surface area contributed by atoms with Crippen LogP contribution in [0.4, 0.5) is 4.79 Å². The Hall–Kier alpha value is -2.72. The lowest BCUT2D eigenvalue weighted by Gasteiger charge is -2.22. The molecule has 3 rings (SSSR count). The monoisotopic (exact) mass is 340 g/mol. The van der Waals surface area contributed by atoms with Gasteiger partial charge in [0.25, 0.3) is 5.91 Å². The fraction of sp³-hybridized carbons (Fsp3) is 0.294. The fourth-order valence-electron chi connectivity index (χ4n) is 2.80. The van der Waals surface area contributed by atoms with E-state index in [-0.39, 0.29) is 12.5 Å². The van der Waals surface area contributed by atoms with Gasteiger partial charge in [0.15, 0.2) is 0 Å². The number of urea groups is 1. The van der Waals surface area contributed by atoms with E-state index < -0.39 is 11.6 Å². The van der Waals surface area contributed by atoms with Crippen molar-refractivity contribution < 1.29 is 9.59 Å². The van der Waals surface area contributed by atoms with Crippen LogP contribution in [0.2, 0.25) is 0 Å². The average Bonchev–Trinajstić information content (AvgIpc) is 2.99. The highest BCUT2D eigenvalue weighted by Gasteiger charge is 2.49. The SMILES string of the molecule is Cc1nc(C)c(CN2C(=O)NC(C)(c3cccc(C#N)c3)C2=O)s1. The van der Waals surface area contributed by atoms with E-state index in [2.05, 4.69) is 16.4 Å². The normalized spacial score (nSPS) is 20.2. The number of aromatic nitrogens is 1. The molecule has 7 heteroatoms. The third-order valence-corrected chi connectivity index (χ3v) is 5.20. The molecule has 1 aliphatic rings. The number of rotatable bonds is 3. The number of carbonyl (C=O) groups excluding carboxylic acids is 2. The molecule has 0 spiro atoms. The van der Waals surface area contributed by atoms with Crippen molar-refractivity contribution >= 4 is 23.3 Å². The Bertz CT molecular complexity index is 883. The van der Waals surface area contributed by atoms with E-state index >= 15 is 0 Å². The second kappa shape index (κ2) is 5.73. The average molecular weight is 340 g/mol. The summed E-state index contributed by atoms with van der Waals surface area (Å²) in [5.74, 6) is -0.326. The van der Waals surface area contributed by atoms with Gasteiger partial charge in [-0.2, -0.15) is 5.26 Å². The van der Waals surface area contributed by atoms with Crippen LogP contribution >= 0.6 is 11.3 Å². The molecular weight excluding hydrogens is 324 g/mol. The number of imide groups is 1. The van der Waals surface area contributed by atoms with E-state index in [9.17, 15) is 9.59 Å². The van der Waals surface area contributed by atoms with Gasteiger partial charge in [0.05, 0.1) is 28.9 Å². The van der Waals surface area contributed by atoms with Crippen LogP contribution in [0.5, 0.6) is 0 Å². The van der Waals surface area contributed by atoms with Crippen LogP contribution in [0.3, 0.4) is 0 Å². The lowest BCUT2D eigenvalue weighted by Crippen LogP contribution is -2.40. The number of benzene rings is 1. The summed E-state index contributed by atoms with van der Waals surface area (Å²) in [6.45, 7) is 5.63. The van der Waals surface area contributed by atoms with Crippen molar-refractivity contribution in [2.75, 3.05) is 0 Å². The van der Waals surface area contributed by atoms with Gasteiger partial charge in [-0.15, -0.1) is 11.3 Å². The molecule has 3 amide bonds. The minimum absolute atomic E-state index is 0.204. The summed E-state index contributed by atoms with van der Waals surface area (Å²) in [6, 6.07) is 8.35. The summed E-state index contributed by atoms with van der Waals surface area (Å²) in [5, 5.41) is 12.7. The summed E-state index contributed by atoms with van der Waals surface area (Å²) < 4.78 is 0. The number of hydrogen-bond acceptors (Lipinski definition) is 5. The smallest absolute Gasteiger partial charge is 0.319 e. The molecule has 122 valence electrons. The quantitative estimate of drug-likeness (QED) is 0.870. The van der Waals surface area contributed by atoms with Gasteiger partial charge in [-0.25, -0.2) is 9.78 Å². The van der Waals surface area contributed by atoms with Gasteiger partial charge in [-0.1, -0.05) is 12.1 Å². The Morgan fingerprint density at radius 3 is 2.75 bits per heavy atom. The number of nitrogens with one attached hydrogen (secondary N) is 1. The number of carbonyl (C=O) groups is 2. The van der Waals surface area contributed by atoms with Crippen molar-refractivity contribution in [3.05, 3.63) is 51.0 Å². The van der Waals surface area contributed by atoms with Crippen molar-refractivity contribution in [3.8, 4) is 6.07 Å². The fourth-order valence-corrected chi connectivity index (χ4v) is 3.73. The highest BCUT2D eigenvalue weighted by Crippen LogP contribution is 2.31. The first-order valence-electron chi connectivity index (χ1n) is 7.43. The standard InChI is InChI=1S/C17H16N4O2S/c1-10-14(24-11(2)19-10)9-21-15(22)17(3,20-16(21)23)13-6-4-5-12(7-13)8-18/h4-7H,9H2,1-3H3,(H,20,23). The van der Waals surface area contributed by atoms with Crippen LogP contribution < -0.4 is 5.32 Å². The van der Waals surface area contributed by atoms with Crippen molar-refractivity contribution in [3.63, 3.8) is 0 Å². The molecule has 1 atom stereocenters. The van der Waals surface area contributed by atoms with Gasteiger partial charge in [0.2, 0.25) is 0 Å². The molecule has 2 heterocycles. The summed E-state index contributed by atoms with van der Waals surface area (Å²) in [4.78, 5) is 31.7. The highest BCUT2D eigenvalue weighted by atomic mass is 32.1. The molecule has 1 aliphatic heterocycles. The zero-order chi connectivity index (χ0) is 17.5. The first-order valence-corrected chi connectivity index (χ1v) is 8.24. The van der Waals surface area contributed by atoms with Gasteiger partial charge in [0.1, 0.15) is 5.54 Å². The van der Waals surface area contributed by atoms with Crippen LogP contribution in [0.25, 0.3) is 0 Å². The molecule has 1 fully saturated rings. The van der Waals surface area contributed by atoms with Crippen molar-refractivity contribution in [1.82, 2.24) is 15.2 Å². The molecule has 1 saturated heterocycles. The Balaban J connectivity index is 1.93. The predicted molar refractivity (Wildman–Crippen MR) is 89.2 cm³/mol. The Labute approximate surface area is 143 Å². The van der Waals surface area contributed by atoms with Gasteiger partial charge >= 0.3 is 6.03 Å². The summed E-state index contributed by atoms with van der Waals surface area (Å²) in [6.07, 6.45) is 0. The van der Waals surface area contributed by atoms with Crippen molar-refractivity contribution in [2.24, 2.45) is 0 Å². The molecule has 1 aromatic heterocycles. The van der Waals surface area contributed by atoms with Gasteiger partial charge < -0.3 is 5.32 Å². The van der Waals surface area contributed by atoms with E-state index in [0.29, 0.717) is 11.1 Å². The van der Waals surface area contributed by atoms with E-state index in [1.807, 2.05) is 13.8 Å². The maximum absolute atomic E-state index is 12.9. The summed E-state index contributed by atoms with van der Waals surface area (Å²) in [7, 11) is 0. The molecule has 1 unspecified atom stereocenters. The first-order chi connectivity index (χ1) is 11.3. The number of aryl methyl sites for hydroxylation is 2. The van der Waals surface area contributed by atoms with E-state index in [4.69, 9.17) is 5.26 Å². The molecule has 1 N–H and O–H groups in total. The molecule has 0 aliphatic carbocycles. The largest absolute Gasteiger partial charge is 0.325 e. The van der Waals surface area contributed by atoms with Crippen LogP contribution in [-0.2, 0) is 16.9 Å². The molecule has 1 aromatic carbocycles. The summed E-state index contributed by atoms with van der Waals surface area (Å²) >= 11 is 1.48. The zero-order valence-corrected chi connectivity index (χ0v) is 14.4.